The molecule has 0 radical (unpaired) electrons. The van der Waals surface area contributed by atoms with E-state index in [1.54, 1.807) is 0 Å². The number of rotatable bonds is 2. The molecular weight excluding hydrogens is 368 g/mol. The Morgan fingerprint density at radius 3 is 2.75 bits per heavy atom. The number of Topliss-reactive ketones (excluding diaryl/α,β-unsaturated/α-hetero) is 1. The largest absolute Gasteiger partial charge is 0.360 e. The number of hydrogen-bond donors (Lipinski definition) is 1. The summed E-state index contributed by atoms with van der Waals surface area (Å²) >= 11 is 3.57. The number of likely N-dealkylation sites (tertiary alicyclic amines) is 1. The van der Waals surface area contributed by atoms with Gasteiger partial charge in [0, 0.05) is 42.7 Å². The van der Waals surface area contributed by atoms with Gasteiger partial charge in [-0.2, -0.15) is 0 Å². The number of ketones is 1. The highest BCUT2D eigenvalue weighted by Gasteiger charge is 2.52. The second-order valence-electron chi connectivity index (χ2n) is 7.49. The molecule has 128 valence electrons. The number of halogens is 1. The van der Waals surface area contributed by atoms with Gasteiger partial charge in [0.15, 0.2) is 5.78 Å². The Balaban J connectivity index is 1.71. The lowest BCUT2D eigenvalue weighted by Gasteiger charge is -2.43. The average Bonchev–Trinajstić information content (AvgIpc) is 3.02. The van der Waals surface area contributed by atoms with Crippen LogP contribution in [0.25, 0.3) is 11.0 Å². The summed E-state index contributed by atoms with van der Waals surface area (Å²) < 4.78 is 0.915. The summed E-state index contributed by atoms with van der Waals surface area (Å²) in [5.74, 6) is 0.921. The highest BCUT2D eigenvalue weighted by atomic mass is 79.9. The van der Waals surface area contributed by atoms with E-state index in [-0.39, 0.29) is 5.78 Å². The van der Waals surface area contributed by atoms with E-state index in [0.717, 1.165) is 59.2 Å². The van der Waals surface area contributed by atoms with Crippen molar-refractivity contribution in [3.63, 3.8) is 0 Å². The third-order valence-corrected chi connectivity index (χ3v) is 6.22. The van der Waals surface area contributed by atoms with Crippen LogP contribution in [-0.2, 0) is 0 Å². The van der Waals surface area contributed by atoms with E-state index < -0.39 is 5.54 Å². The third kappa shape index (κ3) is 2.15. The number of piperidine rings is 1. The summed E-state index contributed by atoms with van der Waals surface area (Å²) in [5, 5.41) is 0.922. The van der Waals surface area contributed by atoms with Gasteiger partial charge >= 0.3 is 0 Å². The Morgan fingerprint density at radius 2 is 2.08 bits per heavy atom. The van der Waals surface area contributed by atoms with Crippen LogP contribution < -0.4 is 4.90 Å². The van der Waals surface area contributed by atoms with Crippen LogP contribution in [0.2, 0.25) is 0 Å². The topological polar surface area (TPSA) is 52.2 Å². The molecule has 24 heavy (non-hydrogen) atoms. The average molecular weight is 391 g/mol. The SMILES string of the molecule is CC(C)CN1CCC2(CC1)C(=O)c1c(cnc3[nH]cc(Br)c13)N2C. The van der Waals surface area contributed by atoms with Gasteiger partial charge in [-0.15, -0.1) is 0 Å². The predicted octanol–water partition coefficient (Wildman–Crippen LogP) is 3.45. The monoisotopic (exact) mass is 390 g/mol. The van der Waals surface area contributed by atoms with Gasteiger partial charge in [0.2, 0.25) is 0 Å². The lowest BCUT2D eigenvalue weighted by molar-refractivity contribution is 0.0791. The molecule has 4 heterocycles. The lowest BCUT2D eigenvalue weighted by Crippen LogP contribution is -2.56. The Bertz CT molecular complexity index is 805. The normalized spacial score (nSPS) is 20.5. The second-order valence-corrected chi connectivity index (χ2v) is 8.35. The van der Waals surface area contributed by atoms with E-state index in [9.17, 15) is 4.79 Å². The number of likely N-dealkylation sites (N-methyl/N-ethyl adjacent to an activating group) is 1. The molecule has 2 aromatic rings. The van der Waals surface area contributed by atoms with Crippen LogP contribution in [0.5, 0.6) is 0 Å². The third-order valence-electron chi connectivity index (χ3n) is 5.59. The molecule has 2 aliphatic heterocycles. The number of H-pyrrole nitrogens is 1. The summed E-state index contributed by atoms with van der Waals surface area (Å²) in [5.41, 5.74) is 2.16. The van der Waals surface area contributed by atoms with Crippen LogP contribution in [0.1, 0.15) is 37.0 Å². The maximum absolute atomic E-state index is 13.5. The number of pyridine rings is 1. The van der Waals surface area contributed by atoms with Crippen molar-refractivity contribution in [2.75, 3.05) is 31.6 Å². The fourth-order valence-electron chi connectivity index (χ4n) is 4.33. The van der Waals surface area contributed by atoms with E-state index in [1.165, 1.54) is 0 Å². The van der Waals surface area contributed by atoms with E-state index in [1.807, 2.05) is 12.4 Å². The number of aromatic amines is 1. The van der Waals surface area contributed by atoms with Gasteiger partial charge in [0.1, 0.15) is 11.2 Å². The zero-order valence-electron chi connectivity index (χ0n) is 14.4. The molecule has 1 spiro atoms. The smallest absolute Gasteiger partial charge is 0.191 e. The van der Waals surface area contributed by atoms with E-state index in [2.05, 4.69) is 56.6 Å². The number of fused-ring (bicyclic) bond motifs is 3. The zero-order valence-corrected chi connectivity index (χ0v) is 16.0. The number of hydrogen-bond acceptors (Lipinski definition) is 4. The van der Waals surface area contributed by atoms with Crippen molar-refractivity contribution in [2.24, 2.45) is 5.92 Å². The molecule has 2 aromatic heterocycles. The van der Waals surface area contributed by atoms with Crippen molar-refractivity contribution in [1.82, 2.24) is 14.9 Å². The second kappa shape index (κ2) is 5.56. The summed E-state index contributed by atoms with van der Waals surface area (Å²) in [6.45, 7) is 7.56. The molecule has 6 heteroatoms. The lowest BCUT2D eigenvalue weighted by atomic mass is 9.82. The molecule has 4 rings (SSSR count). The molecule has 5 nitrogen and oxygen atoms in total. The molecule has 1 N–H and O–H groups in total. The minimum absolute atomic E-state index is 0.261. The molecule has 0 amide bonds. The van der Waals surface area contributed by atoms with Crippen molar-refractivity contribution < 1.29 is 4.79 Å². The van der Waals surface area contributed by atoms with Gasteiger partial charge in [-0.05, 0) is 34.7 Å². The van der Waals surface area contributed by atoms with E-state index in [4.69, 9.17) is 0 Å². The van der Waals surface area contributed by atoms with Crippen LogP contribution in [-0.4, -0.2) is 52.9 Å². The number of carbonyl (C=O) groups is 1. The molecular formula is C18H23BrN4O. The van der Waals surface area contributed by atoms with Gasteiger partial charge in [-0.25, -0.2) is 4.98 Å². The Morgan fingerprint density at radius 1 is 1.38 bits per heavy atom. The van der Waals surface area contributed by atoms with Crippen LogP contribution in [0.3, 0.4) is 0 Å². The minimum Gasteiger partial charge on any atom is -0.360 e. The van der Waals surface area contributed by atoms with Crippen molar-refractivity contribution in [3.05, 3.63) is 22.4 Å². The van der Waals surface area contributed by atoms with Crippen molar-refractivity contribution in [2.45, 2.75) is 32.2 Å². The van der Waals surface area contributed by atoms with Crippen LogP contribution in [0.15, 0.2) is 16.9 Å². The first kappa shape index (κ1) is 16.1. The number of nitrogens with zero attached hydrogens (tertiary/aromatic N) is 3. The number of nitrogens with one attached hydrogen (secondary N) is 1. The molecule has 0 aromatic carbocycles. The summed E-state index contributed by atoms with van der Waals surface area (Å²) in [7, 11) is 2.05. The maximum atomic E-state index is 13.5. The van der Waals surface area contributed by atoms with E-state index in [0.29, 0.717) is 5.92 Å². The maximum Gasteiger partial charge on any atom is 0.191 e. The molecule has 0 atom stereocenters. The Kier molecular flexibility index (Phi) is 3.73. The van der Waals surface area contributed by atoms with Gasteiger partial charge in [0.05, 0.1) is 17.4 Å². The fraction of sp³-hybridized carbons (Fsp3) is 0.556. The first-order valence-electron chi connectivity index (χ1n) is 8.60. The highest BCUT2D eigenvalue weighted by Crippen LogP contribution is 2.46. The number of aromatic nitrogens is 2. The molecule has 1 saturated heterocycles. The van der Waals surface area contributed by atoms with Crippen molar-refractivity contribution in [1.29, 1.82) is 0 Å². The molecule has 0 aliphatic carbocycles. The first-order chi connectivity index (χ1) is 11.4. The number of carbonyl (C=O) groups excluding carboxylic acids is 1. The summed E-state index contributed by atoms with van der Waals surface area (Å²) in [4.78, 5) is 25.8. The molecule has 1 fully saturated rings. The quantitative estimate of drug-likeness (QED) is 0.852. The molecule has 0 unspecified atom stereocenters. The van der Waals surface area contributed by atoms with Gasteiger partial charge in [-0.3, -0.25) is 4.79 Å². The molecule has 0 bridgehead atoms. The Hall–Kier alpha value is -1.40. The van der Waals surface area contributed by atoms with Gasteiger partial charge < -0.3 is 14.8 Å². The Labute approximate surface area is 150 Å². The van der Waals surface area contributed by atoms with Crippen LogP contribution in [0.4, 0.5) is 5.69 Å². The van der Waals surface area contributed by atoms with Crippen molar-refractivity contribution in [3.8, 4) is 0 Å². The van der Waals surface area contributed by atoms with Gasteiger partial charge in [-0.1, -0.05) is 13.8 Å². The van der Waals surface area contributed by atoms with Crippen molar-refractivity contribution >= 4 is 38.4 Å². The van der Waals surface area contributed by atoms with Gasteiger partial charge in [0.25, 0.3) is 0 Å². The predicted molar refractivity (Wildman–Crippen MR) is 99.8 cm³/mol. The first-order valence-corrected chi connectivity index (χ1v) is 9.40. The summed E-state index contributed by atoms with van der Waals surface area (Å²) in [6.07, 6.45) is 5.47. The van der Waals surface area contributed by atoms with E-state index >= 15 is 0 Å². The number of anilines is 1. The molecule has 0 saturated carbocycles. The molecule has 2 aliphatic rings. The van der Waals surface area contributed by atoms with Crippen LogP contribution in [0, 0.1) is 5.92 Å². The minimum atomic E-state index is -0.400. The van der Waals surface area contributed by atoms with Crippen LogP contribution >= 0.6 is 15.9 Å². The zero-order chi connectivity index (χ0) is 17.1. The fourth-order valence-corrected chi connectivity index (χ4v) is 4.83. The summed E-state index contributed by atoms with van der Waals surface area (Å²) in [6, 6.07) is 0. The highest BCUT2D eigenvalue weighted by molar-refractivity contribution is 9.10. The standard InChI is InChI=1S/C18H23BrN4O/c1-11(2)10-23-6-4-18(5-7-23)16(24)15-13(22(18)3)9-21-17-14(15)12(19)8-20-17/h8-9,11H,4-7,10H2,1-3H3,(H,20,21).